The maximum Gasteiger partial charge on any atom is 0.229 e. The van der Waals surface area contributed by atoms with Gasteiger partial charge in [0, 0.05) is 36.9 Å². The third-order valence-corrected chi connectivity index (χ3v) is 5.52. The summed E-state index contributed by atoms with van der Waals surface area (Å²) < 4.78 is 1.56. The molecule has 0 unspecified atom stereocenters. The van der Waals surface area contributed by atoms with Crippen LogP contribution in [0.2, 0.25) is 0 Å². The average Bonchev–Trinajstić information content (AvgIpc) is 2.80. The molecule has 2 heterocycles. The first-order valence-electron chi connectivity index (χ1n) is 10.4. The zero-order chi connectivity index (χ0) is 22.8. The van der Waals surface area contributed by atoms with Gasteiger partial charge >= 0.3 is 0 Å². The summed E-state index contributed by atoms with van der Waals surface area (Å²) in [5, 5.41) is 21.8. The van der Waals surface area contributed by atoms with Crippen molar-refractivity contribution < 1.29 is 5.11 Å². The van der Waals surface area contributed by atoms with Gasteiger partial charge in [-0.15, -0.1) is 0 Å². The Morgan fingerprint density at radius 3 is 1.75 bits per heavy atom. The normalized spacial score (nSPS) is 10.6. The minimum absolute atomic E-state index is 0.0200. The Hall–Kier alpha value is -2.50. The number of nitrogens with one attached hydrogen (secondary N) is 4. The lowest BCUT2D eigenvalue weighted by Crippen LogP contribution is -2.09. The number of aliphatic hydroxyl groups is 1. The molecule has 0 saturated heterocycles. The molecule has 3 rings (SSSR count). The van der Waals surface area contributed by atoms with Gasteiger partial charge in [0.05, 0.1) is 15.6 Å². The van der Waals surface area contributed by atoms with Gasteiger partial charge in [-0.05, 0) is 62.5 Å². The molecule has 0 aliphatic carbocycles. The summed E-state index contributed by atoms with van der Waals surface area (Å²) in [6, 6.07) is 7.67. The second-order valence-corrected chi connectivity index (χ2v) is 8.60. The van der Waals surface area contributed by atoms with E-state index in [2.05, 4.69) is 80.0 Å². The molecule has 0 aliphatic heterocycles. The Morgan fingerprint density at radius 2 is 1.28 bits per heavy atom. The highest BCUT2D eigenvalue weighted by molar-refractivity contribution is 9.11. The van der Waals surface area contributed by atoms with Crippen LogP contribution < -0.4 is 21.3 Å². The number of aromatic nitrogens is 4. The Morgan fingerprint density at radius 1 is 0.781 bits per heavy atom. The quantitative estimate of drug-likeness (QED) is 0.187. The Bertz CT molecular complexity index is 1000. The number of rotatable bonds is 12. The number of nitrogens with zero attached hydrogens (tertiary/aromatic N) is 4. The van der Waals surface area contributed by atoms with E-state index in [1.807, 2.05) is 24.3 Å². The predicted molar refractivity (Wildman–Crippen MR) is 136 cm³/mol. The maximum absolute atomic E-state index is 8.98. The number of benzene rings is 1. The van der Waals surface area contributed by atoms with Crippen LogP contribution in [-0.2, 0) is 0 Å². The summed E-state index contributed by atoms with van der Waals surface area (Å²) in [6.07, 6.45) is 6.86. The summed E-state index contributed by atoms with van der Waals surface area (Å²) in [7, 11) is 0. The van der Waals surface area contributed by atoms with Gasteiger partial charge in [-0.1, -0.05) is 19.8 Å². The van der Waals surface area contributed by atoms with Crippen LogP contribution in [0, 0.1) is 0 Å². The van der Waals surface area contributed by atoms with Crippen LogP contribution in [0.1, 0.15) is 26.2 Å². The standard InChI is InChI=1S/C21H26Br2N8O/c1-2-3-4-9-24-18-16(22)12-26-20(30-18)28-14-5-7-15(8-6-14)29-21-27-13-17(23)19(31-21)25-10-11-32/h5-8,12-13,32H,2-4,9-11H2,1H3,(H2,24,26,28,30)(H2,25,27,29,31). The summed E-state index contributed by atoms with van der Waals surface area (Å²) in [5.41, 5.74) is 1.69. The first-order chi connectivity index (χ1) is 15.6. The zero-order valence-corrected chi connectivity index (χ0v) is 20.9. The van der Waals surface area contributed by atoms with Crippen molar-refractivity contribution in [3.63, 3.8) is 0 Å². The molecule has 0 atom stereocenters. The van der Waals surface area contributed by atoms with Gasteiger partial charge in [-0.2, -0.15) is 9.97 Å². The SMILES string of the molecule is CCCCCNc1nc(Nc2ccc(Nc3ncc(Br)c(NCCO)n3)cc2)ncc1Br. The molecule has 5 N–H and O–H groups in total. The Kier molecular flexibility index (Phi) is 9.44. The van der Waals surface area contributed by atoms with Crippen LogP contribution >= 0.6 is 31.9 Å². The molecule has 1 aromatic carbocycles. The van der Waals surface area contributed by atoms with E-state index in [9.17, 15) is 0 Å². The smallest absolute Gasteiger partial charge is 0.229 e. The van der Waals surface area contributed by atoms with E-state index in [1.54, 1.807) is 12.4 Å². The Balaban J connectivity index is 1.61. The van der Waals surface area contributed by atoms with Crippen molar-refractivity contribution in [2.75, 3.05) is 41.0 Å². The van der Waals surface area contributed by atoms with Crippen molar-refractivity contribution in [2.24, 2.45) is 0 Å². The largest absolute Gasteiger partial charge is 0.395 e. The molecule has 0 radical (unpaired) electrons. The highest BCUT2D eigenvalue weighted by Gasteiger charge is 2.07. The highest BCUT2D eigenvalue weighted by Crippen LogP contribution is 2.24. The van der Waals surface area contributed by atoms with E-state index < -0.39 is 0 Å². The van der Waals surface area contributed by atoms with Gasteiger partial charge in [0.25, 0.3) is 0 Å². The second-order valence-electron chi connectivity index (χ2n) is 6.89. The van der Waals surface area contributed by atoms with Crippen molar-refractivity contribution in [2.45, 2.75) is 26.2 Å². The monoisotopic (exact) mass is 564 g/mol. The van der Waals surface area contributed by atoms with Gasteiger partial charge in [-0.3, -0.25) is 0 Å². The summed E-state index contributed by atoms with van der Waals surface area (Å²) in [4.78, 5) is 17.6. The van der Waals surface area contributed by atoms with Crippen molar-refractivity contribution in [3.8, 4) is 0 Å². The third kappa shape index (κ3) is 7.28. The molecule has 0 bridgehead atoms. The second kappa shape index (κ2) is 12.5. The first kappa shape index (κ1) is 24.1. The van der Waals surface area contributed by atoms with Crippen LogP contribution in [0.3, 0.4) is 0 Å². The van der Waals surface area contributed by atoms with Gasteiger partial charge in [-0.25, -0.2) is 9.97 Å². The third-order valence-electron chi connectivity index (χ3n) is 4.36. The van der Waals surface area contributed by atoms with Gasteiger partial charge in [0.1, 0.15) is 11.6 Å². The van der Waals surface area contributed by atoms with Crippen molar-refractivity contribution in [1.82, 2.24) is 19.9 Å². The molecule has 0 fully saturated rings. The fourth-order valence-electron chi connectivity index (χ4n) is 2.75. The average molecular weight is 566 g/mol. The number of anilines is 6. The number of hydrogen-bond acceptors (Lipinski definition) is 9. The van der Waals surface area contributed by atoms with Crippen LogP contribution in [-0.4, -0.2) is 44.7 Å². The molecule has 170 valence electrons. The van der Waals surface area contributed by atoms with E-state index in [1.165, 1.54) is 12.8 Å². The number of aliphatic hydroxyl groups excluding tert-OH is 1. The van der Waals surface area contributed by atoms with Crippen molar-refractivity contribution in [1.29, 1.82) is 0 Å². The fourth-order valence-corrected chi connectivity index (χ4v) is 3.42. The highest BCUT2D eigenvalue weighted by atomic mass is 79.9. The minimum Gasteiger partial charge on any atom is -0.395 e. The lowest BCUT2D eigenvalue weighted by atomic mass is 10.2. The molecule has 9 nitrogen and oxygen atoms in total. The summed E-state index contributed by atoms with van der Waals surface area (Å²) in [5.74, 6) is 2.35. The van der Waals surface area contributed by atoms with Gasteiger partial charge < -0.3 is 26.4 Å². The van der Waals surface area contributed by atoms with E-state index in [0.717, 1.165) is 39.1 Å². The molecule has 0 aliphatic rings. The molecule has 2 aromatic heterocycles. The molecule has 32 heavy (non-hydrogen) atoms. The summed E-state index contributed by atoms with van der Waals surface area (Å²) >= 11 is 6.89. The molecule has 11 heteroatoms. The fraction of sp³-hybridized carbons (Fsp3) is 0.333. The minimum atomic E-state index is 0.0200. The molecular weight excluding hydrogens is 540 g/mol. The molecule has 3 aromatic rings. The molecule has 0 spiro atoms. The van der Waals surface area contributed by atoms with Crippen LogP contribution in [0.4, 0.5) is 34.9 Å². The Labute approximate surface area is 204 Å². The summed E-state index contributed by atoms with van der Waals surface area (Å²) in [6.45, 7) is 3.48. The maximum atomic E-state index is 8.98. The van der Waals surface area contributed by atoms with Crippen LogP contribution in [0.25, 0.3) is 0 Å². The lowest BCUT2D eigenvalue weighted by molar-refractivity contribution is 0.311. The van der Waals surface area contributed by atoms with Gasteiger partial charge in [0.15, 0.2) is 0 Å². The molecular formula is C21H26Br2N8O. The van der Waals surface area contributed by atoms with Crippen molar-refractivity contribution >= 4 is 66.8 Å². The number of hydrogen-bond donors (Lipinski definition) is 5. The van der Waals surface area contributed by atoms with Gasteiger partial charge in [0.2, 0.25) is 11.9 Å². The number of halogens is 2. The predicted octanol–water partition coefficient (Wildman–Crippen LogP) is 5.29. The van der Waals surface area contributed by atoms with E-state index in [0.29, 0.717) is 24.3 Å². The van der Waals surface area contributed by atoms with E-state index in [-0.39, 0.29) is 6.61 Å². The topological polar surface area (TPSA) is 120 Å². The molecule has 0 saturated carbocycles. The van der Waals surface area contributed by atoms with E-state index in [4.69, 9.17) is 5.11 Å². The first-order valence-corrected chi connectivity index (χ1v) is 12.0. The van der Waals surface area contributed by atoms with E-state index >= 15 is 0 Å². The van der Waals surface area contributed by atoms with Crippen LogP contribution in [0.15, 0.2) is 45.6 Å². The van der Waals surface area contributed by atoms with Crippen molar-refractivity contribution in [3.05, 3.63) is 45.6 Å². The zero-order valence-electron chi connectivity index (χ0n) is 17.7. The van der Waals surface area contributed by atoms with Crippen LogP contribution in [0.5, 0.6) is 0 Å². The lowest BCUT2D eigenvalue weighted by Gasteiger charge is -2.11. The molecule has 0 amide bonds. The number of unbranched alkanes of at least 4 members (excludes halogenated alkanes) is 2.